The third-order valence-corrected chi connectivity index (χ3v) is 4.53. The molecule has 0 unspecified atom stereocenters. The fraction of sp³-hybridized carbons (Fsp3) is 0.409. The lowest BCUT2D eigenvalue weighted by molar-refractivity contribution is -0.120. The van der Waals surface area contributed by atoms with E-state index in [0.29, 0.717) is 18.0 Å². The maximum absolute atomic E-state index is 13.4. The van der Waals surface area contributed by atoms with E-state index in [2.05, 4.69) is 36.6 Å². The molecule has 0 aliphatic carbocycles. The van der Waals surface area contributed by atoms with Gasteiger partial charge in [0.1, 0.15) is 11.6 Å². The monoisotopic (exact) mass is 390 g/mol. The molecule has 0 fully saturated rings. The molecule has 0 aromatic heterocycles. The highest BCUT2D eigenvalue weighted by molar-refractivity contribution is 5.73. The van der Waals surface area contributed by atoms with Crippen LogP contribution in [0.2, 0.25) is 0 Å². The highest BCUT2D eigenvalue weighted by Gasteiger charge is 2.21. The number of hydrogen-bond acceptors (Lipinski definition) is 3. The van der Waals surface area contributed by atoms with Crippen LogP contribution < -0.4 is 10.6 Å². The molecule has 0 aliphatic rings. The molecule has 4 nitrogen and oxygen atoms in total. The topological polar surface area (TPSA) is 61.4 Å². The normalized spacial score (nSPS) is 13.4. The lowest BCUT2D eigenvalue weighted by Gasteiger charge is -2.24. The molecule has 2 aromatic carbocycles. The Morgan fingerprint density at radius 3 is 2.36 bits per heavy atom. The number of benzene rings is 2. The Hall–Kier alpha value is -2.31. The van der Waals surface area contributed by atoms with Crippen LogP contribution in [0.5, 0.6) is 0 Å². The summed E-state index contributed by atoms with van der Waals surface area (Å²) in [6.45, 7) is 6.40. The third kappa shape index (κ3) is 7.02. The van der Waals surface area contributed by atoms with Gasteiger partial charge in [-0.3, -0.25) is 4.79 Å². The third-order valence-electron chi connectivity index (χ3n) is 4.53. The van der Waals surface area contributed by atoms with Crippen molar-refractivity contribution in [2.75, 3.05) is 6.54 Å². The Kier molecular flexibility index (Phi) is 8.08. The lowest BCUT2D eigenvalue weighted by atomic mass is 10.00. The van der Waals surface area contributed by atoms with E-state index in [0.717, 1.165) is 11.6 Å². The first-order chi connectivity index (χ1) is 13.2. The highest BCUT2D eigenvalue weighted by atomic mass is 19.1. The van der Waals surface area contributed by atoms with E-state index in [1.165, 1.54) is 24.6 Å². The van der Waals surface area contributed by atoms with Crippen molar-refractivity contribution < 1.29 is 18.7 Å². The summed E-state index contributed by atoms with van der Waals surface area (Å²) in [5.41, 5.74) is 2.71. The molecular weight excluding hydrogens is 362 g/mol. The van der Waals surface area contributed by atoms with Crippen LogP contribution in [0.4, 0.5) is 8.78 Å². The Morgan fingerprint density at radius 2 is 1.75 bits per heavy atom. The summed E-state index contributed by atoms with van der Waals surface area (Å²) in [5, 5.41) is 16.4. The molecule has 0 saturated carbocycles. The lowest BCUT2D eigenvalue weighted by Crippen LogP contribution is -2.48. The minimum atomic E-state index is -0.913. The van der Waals surface area contributed by atoms with Crippen LogP contribution >= 0.6 is 0 Å². The van der Waals surface area contributed by atoms with Crippen molar-refractivity contribution >= 4 is 5.91 Å². The first kappa shape index (κ1) is 22.0. The molecular formula is C22H28F2N2O2. The second-order valence-corrected chi connectivity index (χ2v) is 7.39. The van der Waals surface area contributed by atoms with Crippen LogP contribution in [0.15, 0.2) is 42.5 Å². The molecule has 2 atom stereocenters. The summed E-state index contributed by atoms with van der Waals surface area (Å²) < 4.78 is 26.8. The molecule has 6 heteroatoms. The summed E-state index contributed by atoms with van der Waals surface area (Å²) in [5.74, 6) is -1.25. The first-order valence-corrected chi connectivity index (χ1v) is 9.44. The largest absolute Gasteiger partial charge is 0.390 e. The molecule has 0 saturated heterocycles. The van der Waals surface area contributed by atoms with Crippen molar-refractivity contribution in [3.05, 3.63) is 70.8 Å². The number of amides is 1. The molecule has 0 spiro atoms. The zero-order valence-corrected chi connectivity index (χ0v) is 16.5. The fourth-order valence-corrected chi connectivity index (χ4v) is 3.10. The van der Waals surface area contributed by atoms with E-state index < -0.39 is 23.8 Å². The number of hydrogen-bond donors (Lipinski definition) is 3. The number of halogens is 2. The molecule has 0 heterocycles. The average Bonchev–Trinajstić information content (AvgIpc) is 2.60. The Bertz CT molecular complexity index is 776. The van der Waals surface area contributed by atoms with Gasteiger partial charge in [0.05, 0.1) is 12.1 Å². The summed E-state index contributed by atoms with van der Waals surface area (Å²) in [7, 11) is 0. The van der Waals surface area contributed by atoms with Gasteiger partial charge >= 0.3 is 0 Å². The molecule has 2 aromatic rings. The van der Waals surface area contributed by atoms with Gasteiger partial charge in [-0.05, 0) is 41.2 Å². The van der Waals surface area contributed by atoms with Gasteiger partial charge in [-0.1, -0.05) is 38.1 Å². The van der Waals surface area contributed by atoms with Crippen molar-refractivity contribution in [3.8, 4) is 0 Å². The SMILES string of the molecule is CC(=O)N[C@@H](Cc1cc(F)cc(F)c1)[C@@H](O)CNCc1cccc(C(C)C)c1. The number of aliphatic hydroxyl groups excluding tert-OH is 1. The number of carbonyl (C=O) groups excluding carboxylic acids is 1. The van der Waals surface area contributed by atoms with Gasteiger partial charge in [0.2, 0.25) is 5.91 Å². The van der Waals surface area contributed by atoms with Crippen LogP contribution in [-0.2, 0) is 17.8 Å². The van der Waals surface area contributed by atoms with Crippen LogP contribution in [0.25, 0.3) is 0 Å². The minimum absolute atomic E-state index is 0.125. The van der Waals surface area contributed by atoms with E-state index in [-0.39, 0.29) is 18.9 Å². The summed E-state index contributed by atoms with van der Waals surface area (Å²) >= 11 is 0. The molecule has 2 rings (SSSR count). The smallest absolute Gasteiger partial charge is 0.217 e. The number of carbonyl (C=O) groups is 1. The average molecular weight is 390 g/mol. The second-order valence-electron chi connectivity index (χ2n) is 7.39. The second kappa shape index (κ2) is 10.3. The number of rotatable bonds is 9. The minimum Gasteiger partial charge on any atom is -0.390 e. The maximum Gasteiger partial charge on any atom is 0.217 e. The Morgan fingerprint density at radius 1 is 1.07 bits per heavy atom. The van der Waals surface area contributed by atoms with Crippen LogP contribution in [0, 0.1) is 11.6 Å². The van der Waals surface area contributed by atoms with Gasteiger partial charge in [0, 0.05) is 26.1 Å². The predicted octanol–water partition coefficient (Wildman–Crippen LogP) is 3.29. The maximum atomic E-state index is 13.4. The van der Waals surface area contributed by atoms with Crippen LogP contribution in [0.1, 0.15) is 43.4 Å². The number of nitrogens with one attached hydrogen (secondary N) is 2. The molecule has 0 bridgehead atoms. The molecule has 0 radical (unpaired) electrons. The van der Waals surface area contributed by atoms with Crippen molar-refractivity contribution in [2.45, 2.75) is 51.8 Å². The summed E-state index contributed by atoms with van der Waals surface area (Å²) in [4.78, 5) is 11.5. The van der Waals surface area contributed by atoms with Gasteiger partial charge in [0.25, 0.3) is 0 Å². The molecule has 152 valence electrons. The van der Waals surface area contributed by atoms with E-state index in [9.17, 15) is 18.7 Å². The van der Waals surface area contributed by atoms with Gasteiger partial charge in [-0.2, -0.15) is 0 Å². The summed E-state index contributed by atoms with van der Waals surface area (Å²) in [6, 6.07) is 10.7. The van der Waals surface area contributed by atoms with Gasteiger partial charge in [-0.15, -0.1) is 0 Å². The molecule has 0 aliphatic heterocycles. The zero-order valence-electron chi connectivity index (χ0n) is 16.5. The van der Waals surface area contributed by atoms with E-state index >= 15 is 0 Å². The van der Waals surface area contributed by atoms with Gasteiger partial charge in [0.15, 0.2) is 0 Å². The zero-order chi connectivity index (χ0) is 20.7. The van der Waals surface area contributed by atoms with Crippen molar-refractivity contribution in [3.63, 3.8) is 0 Å². The molecule has 28 heavy (non-hydrogen) atoms. The first-order valence-electron chi connectivity index (χ1n) is 9.44. The van der Waals surface area contributed by atoms with Crippen molar-refractivity contribution in [2.24, 2.45) is 0 Å². The standard InChI is InChI=1S/C22H28F2N2O2/c1-14(2)18-6-4-5-16(7-18)12-25-13-22(28)21(26-15(3)27)10-17-8-19(23)11-20(24)9-17/h4-9,11,14,21-22,25,28H,10,12-13H2,1-3H3,(H,26,27)/t21-,22-/m0/s1. The highest BCUT2D eigenvalue weighted by Crippen LogP contribution is 2.16. The Labute approximate surface area is 165 Å². The van der Waals surface area contributed by atoms with E-state index in [1.54, 1.807) is 0 Å². The quantitative estimate of drug-likeness (QED) is 0.616. The van der Waals surface area contributed by atoms with Crippen molar-refractivity contribution in [1.82, 2.24) is 10.6 Å². The summed E-state index contributed by atoms with van der Waals surface area (Å²) in [6.07, 6.45) is -0.788. The fourth-order valence-electron chi connectivity index (χ4n) is 3.10. The predicted molar refractivity (Wildman–Crippen MR) is 106 cm³/mol. The Balaban J connectivity index is 1.97. The molecule has 3 N–H and O–H groups in total. The number of aliphatic hydroxyl groups is 1. The van der Waals surface area contributed by atoms with E-state index in [4.69, 9.17) is 0 Å². The van der Waals surface area contributed by atoms with Gasteiger partial charge < -0.3 is 15.7 Å². The van der Waals surface area contributed by atoms with Gasteiger partial charge in [-0.25, -0.2) is 8.78 Å². The van der Waals surface area contributed by atoms with E-state index in [1.807, 2.05) is 12.1 Å². The molecule has 1 amide bonds. The van der Waals surface area contributed by atoms with Crippen LogP contribution in [0.3, 0.4) is 0 Å². The van der Waals surface area contributed by atoms with Crippen molar-refractivity contribution in [1.29, 1.82) is 0 Å². The van der Waals surface area contributed by atoms with Crippen LogP contribution in [-0.4, -0.2) is 29.7 Å².